The maximum Gasteiger partial charge on any atom is 0.405 e. The predicted molar refractivity (Wildman–Crippen MR) is 44.9 cm³/mol. The maximum atomic E-state index is 11.8. The molecule has 1 N–H and O–H groups in total. The van der Waals surface area contributed by atoms with Gasteiger partial charge in [-0.1, -0.05) is 0 Å². The lowest BCUT2D eigenvalue weighted by Crippen LogP contribution is -2.45. The van der Waals surface area contributed by atoms with E-state index in [1.54, 1.807) is 5.32 Å². The molecule has 1 heterocycles. The minimum atomic E-state index is -4.42. The number of carbonyl (C=O) groups excluding carboxylic acids is 2. The quantitative estimate of drug-likeness (QED) is 0.700. The van der Waals surface area contributed by atoms with E-state index in [2.05, 4.69) is 0 Å². The van der Waals surface area contributed by atoms with Crippen LogP contribution in [0.25, 0.3) is 0 Å². The maximum absolute atomic E-state index is 11.8. The summed E-state index contributed by atoms with van der Waals surface area (Å²) in [6.07, 6.45) is -2.86. The molecular weight excluding hydrogens is 213 g/mol. The number of hydrogen-bond acceptors (Lipinski definition) is 2. The molecule has 0 aromatic rings. The van der Waals surface area contributed by atoms with E-state index in [0.29, 0.717) is 25.8 Å². The molecule has 1 atom stereocenters. The Morgan fingerprint density at radius 3 is 2.73 bits per heavy atom. The van der Waals surface area contributed by atoms with Crippen LogP contribution in [0.5, 0.6) is 0 Å². The van der Waals surface area contributed by atoms with Crippen LogP contribution in [-0.2, 0) is 9.59 Å². The Kier molecular flexibility index (Phi) is 3.54. The van der Waals surface area contributed by atoms with Crippen molar-refractivity contribution in [1.82, 2.24) is 10.2 Å². The lowest BCUT2D eigenvalue weighted by Gasteiger charge is -2.19. The molecular formula is C8H11F3N2O2. The molecule has 86 valence electrons. The van der Waals surface area contributed by atoms with Gasteiger partial charge in [0.25, 0.3) is 0 Å². The first-order valence-electron chi connectivity index (χ1n) is 4.49. The molecule has 1 saturated heterocycles. The third-order valence-corrected chi connectivity index (χ3v) is 2.20. The van der Waals surface area contributed by atoms with Crippen molar-refractivity contribution in [2.75, 3.05) is 13.1 Å². The highest BCUT2D eigenvalue weighted by atomic mass is 19.4. The molecule has 0 spiro atoms. The van der Waals surface area contributed by atoms with Crippen molar-refractivity contribution in [2.24, 2.45) is 0 Å². The van der Waals surface area contributed by atoms with Crippen molar-refractivity contribution in [3.05, 3.63) is 0 Å². The summed E-state index contributed by atoms with van der Waals surface area (Å²) in [5.41, 5.74) is 0. The molecule has 15 heavy (non-hydrogen) atoms. The van der Waals surface area contributed by atoms with Crippen LogP contribution >= 0.6 is 0 Å². The molecule has 1 fully saturated rings. The summed E-state index contributed by atoms with van der Waals surface area (Å²) in [7, 11) is 0. The van der Waals surface area contributed by atoms with Crippen LogP contribution in [0.1, 0.15) is 12.8 Å². The number of nitrogens with zero attached hydrogens (tertiary/aromatic N) is 1. The molecule has 0 radical (unpaired) electrons. The fraction of sp³-hybridized carbons (Fsp3) is 0.750. The third kappa shape index (κ3) is 3.41. The normalized spacial score (nSPS) is 21.5. The Balaban J connectivity index is 2.43. The number of rotatable bonds is 3. The lowest BCUT2D eigenvalue weighted by atomic mass is 10.2. The van der Waals surface area contributed by atoms with Crippen LogP contribution in [0.3, 0.4) is 0 Å². The highest BCUT2D eigenvalue weighted by molar-refractivity contribution is 5.84. The first-order chi connectivity index (χ1) is 6.94. The molecule has 1 rings (SSSR count). The molecule has 1 aliphatic rings. The van der Waals surface area contributed by atoms with Crippen LogP contribution in [-0.4, -0.2) is 42.5 Å². The molecule has 7 heteroatoms. The van der Waals surface area contributed by atoms with E-state index in [-0.39, 0.29) is 0 Å². The minimum Gasteiger partial charge on any atom is -0.345 e. The van der Waals surface area contributed by atoms with Gasteiger partial charge < -0.3 is 10.2 Å². The molecule has 0 aliphatic carbocycles. The number of hydrogen-bond donors (Lipinski definition) is 1. The van der Waals surface area contributed by atoms with Crippen molar-refractivity contribution in [1.29, 1.82) is 0 Å². The molecule has 2 amide bonds. The van der Waals surface area contributed by atoms with Gasteiger partial charge in [-0.3, -0.25) is 9.59 Å². The second kappa shape index (κ2) is 4.50. The van der Waals surface area contributed by atoms with Crippen LogP contribution in [0.4, 0.5) is 13.2 Å². The zero-order chi connectivity index (χ0) is 11.5. The van der Waals surface area contributed by atoms with Gasteiger partial charge in [0, 0.05) is 6.54 Å². The highest BCUT2D eigenvalue weighted by Gasteiger charge is 2.33. The van der Waals surface area contributed by atoms with Gasteiger partial charge in [0.15, 0.2) is 0 Å². The number of likely N-dealkylation sites (tertiary alicyclic amines) is 1. The molecule has 0 bridgehead atoms. The van der Waals surface area contributed by atoms with Gasteiger partial charge in [0.05, 0.1) is 0 Å². The van der Waals surface area contributed by atoms with Gasteiger partial charge in [0.1, 0.15) is 12.6 Å². The first kappa shape index (κ1) is 11.8. The summed E-state index contributed by atoms with van der Waals surface area (Å²) in [6.45, 7) is -0.928. The molecule has 0 aromatic carbocycles. The molecule has 0 aromatic heterocycles. The second-order valence-corrected chi connectivity index (χ2v) is 3.33. The number of halogens is 3. The second-order valence-electron chi connectivity index (χ2n) is 3.33. The van der Waals surface area contributed by atoms with E-state index in [9.17, 15) is 22.8 Å². The van der Waals surface area contributed by atoms with Gasteiger partial charge >= 0.3 is 6.18 Å². The Labute approximate surface area is 84.4 Å². The van der Waals surface area contributed by atoms with Crippen LogP contribution in [0.2, 0.25) is 0 Å². The molecule has 1 aliphatic heterocycles. The minimum absolute atomic E-state index is 0.419. The smallest absolute Gasteiger partial charge is 0.345 e. The van der Waals surface area contributed by atoms with E-state index in [0.717, 1.165) is 0 Å². The summed E-state index contributed by atoms with van der Waals surface area (Å²) in [6, 6.07) is -0.746. The van der Waals surface area contributed by atoms with E-state index in [1.165, 1.54) is 4.90 Å². The fourth-order valence-corrected chi connectivity index (χ4v) is 1.50. The van der Waals surface area contributed by atoms with Crippen molar-refractivity contribution in [3.8, 4) is 0 Å². The van der Waals surface area contributed by atoms with Crippen molar-refractivity contribution in [2.45, 2.75) is 25.1 Å². The number of carbonyl (C=O) groups is 2. The summed E-state index contributed by atoms with van der Waals surface area (Å²) < 4.78 is 35.4. The summed E-state index contributed by atoms with van der Waals surface area (Å²) in [5, 5.41) is 1.76. The van der Waals surface area contributed by atoms with E-state index >= 15 is 0 Å². The zero-order valence-corrected chi connectivity index (χ0v) is 7.88. The third-order valence-electron chi connectivity index (χ3n) is 2.20. The van der Waals surface area contributed by atoms with Gasteiger partial charge in [-0.2, -0.15) is 13.2 Å². The fourth-order valence-electron chi connectivity index (χ4n) is 1.50. The summed E-state index contributed by atoms with van der Waals surface area (Å²) in [5.74, 6) is -0.739. The van der Waals surface area contributed by atoms with Crippen molar-refractivity contribution in [3.63, 3.8) is 0 Å². The monoisotopic (exact) mass is 224 g/mol. The van der Waals surface area contributed by atoms with E-state index in [4.69, 9.17) is 0 Å². The van der Waals surface area contributed by atoms with Crippen LogP contribution in [0.15, 0.2) is 0 Å². The molecule has 1 unspecified atom stereocenters. The van der Waals surface area contributed by atoms with Gasteiger partial charge in [0.2, 0.25) is 12.3 Å². The Morgan fingerprint density at radius 1 is 1.53 bits per heavy atom. The number of amides is 2. The van der Waals surface area contributed by atoms with E-state index in [1.807, 2.05) is 0 Å². The lowest BCUT2D eigenvalue weighted by molar-refractivity contribution is -0.142. The average Bonchev–Trinajstić information content (AvgIpc) is 2.60. The summed E-state index contributed by atoms with van der Waals surface area (Å²) >= 11 is 0. The van der Waals surface area contributed by atoms with Crippen LogP contribution in [0, 0.1) is 0 Å². The van der Waals surface area contributed by atoms with Crippen molar-refractivity contribution < 1.29 is 22.8 Å². The Bertz CT molecular complexity index is 255. The largest absolute Gasteiger partial charge is 0.405 e. The van der Waals surface area contributed by atoms with E-state index < -0.39 is 24.7 Å². The van der Waals surface area contributed by atoms with Gasteiger partial charge in [-0.05, 0) is 12.8 Å². The van der Waals surface area contributed by atoms with Crippen LogP contribution < -0.4 is 5.32 Å². The Morgan fingerprint density at radius 2 is 2.20 bits per heavy atom. The first-order valence-corrected chi connectivity index (χ1v) is 4.49. The number of alkyl halides is 3. The average molecular weight is 224 g/mol. The molecule has 4 nitrogen and oxygen atoms in total. The Hall–Kier alpha value is -1.27. The zero-order valence-electron chi connectivity index (χ0n) is 7.88. The topological polar surface area (TPSA) is 49.4 Å². The SMILES string of the molecule is O=CN1CCCC1C(=O)NCC(F)(F)F. The van der Waals surface area contributed by atoms with Gasteiger partial charge in [-0.15, -0.1) is 0 Å². The predicted octanol–water partition coefficient (Wildman–Crippen LogP) is 0.286. The number of nitrogens with one attached hydrogen (secondary N) is 1. The van der Waals surface area contributed by atoms with Gasteiger partial charge in [-0.25, -0.2) is 0 Å². The highest BCUT2D eigenvalue weighted by Crippen LogP contribution is 2.16. The van der Waals surface area contributed by atoms with Crippen molar-refractivity contribution >= 4 is 12.3 Å². The standard InChI is InChI=1S/C8H11F3N2O2/c9-8(10,11)4-12-7(15)6-2-1-3-13(6)5-14/h5-6H,1-4H2,(H,12,15). The molecule has 0 saturated carbocycles. The summed E-state index contributed by atoms with van der Waals surface area (Å²) in [4.78, 5) is 22.9.